The molecule has 1 heterocycles. The number of nitrogens with zero attached hydrogens (tertiary/aromatic N) is 1. The standard InChI is InChI=1S/C20H20F3N/c1-12-15-10-11-24(2)19(12)18-16(4-3-5-17(15)18)13-6-8-14(9-7-13)20(21,22)23/h3-9,12,15,19H,10-11H2,1-2H3/t12-,15?,19?/m0/s1. The van der Waals surface area contributed by atoms with Gasteiger partial charge in [0.1, 0.15) is 0 Å². The van der Waals surface area contributed by atoms with E-state index in [1.807, 2.05) is 12.1 Å². The second-order valence-electron chi connectivity index (χ2n) is 7.06. The molecule has 2 bridgehead atoms. The van der Waals surface area contributed by atoms with Crippen molar-refractivity contribution in [2.75, 3.05) is 13.6 Å². The van der Waals surface area contributed by atoms with Crippen molar-refractivity contribution in [1.82, 2.24) is 4.90 Å². The lowest BCUT2D eigenvalue weighted by molar-refractivity contribution is -0.137. The second-order valence-corrected chi connectivity index (χ2v) is 7.06. The smallest absolute Gasteiger partial charge is 0.299 e. The van der Waals surface area contributed by atoms with Crippen molar-refractivity contribution < 1.29 is 13.2 Å². The minimum Gasteiger partial charge on any atom is -0.299 e. The molecule has 126 valence electrons. The maximum Gasteiger partial charge on any atom is 0.416 e. The number of piperidine rings is 1. The topological polar surface area (TPSA) is 3.24 Å². The van der Waals surface area contributed by atoms with E-state index >= 15 is 0 Å². The van der Waals surface area contributed by atoms with Crippen molar-refractivity contribution in [2.24, 2.45) is 5.92 Å². The molecule has 1 saturated heterocycles. The SMILES string of the molecule is C[C@H]1C2CCN(C)C1c1c(-c3ccc(C(F)(F)F)cc3)cccc12. The molecule has 1 aliphatic carbocycles. The van der Waals surface area contributed by atoms with Crippen molar-refractivity contribution in [3.63, 3.8) is 0 Å². The molecule has 0 radical (unpaired) electrons. The summed E-state index contributed by atoms with van der Waals surface area (Å²) < 4.78 is 38.4. The van der Waals surface area contributed by atoms with Crippen LogP contribution in [0.15, 0.2) is 42.5 Å². The van der Waals surface area contributed by atoms with Crippen LogP contribution in [0.4, 0.5) is 13.2 Å². The Morgan fingerprint density at radius 3 is 2.42 bits per heavy atom. The van der Waals surface area contributed by atoms with Crippen LogP contribution in [0, 0.1) is 5.92 Å². The van der Waals surface area contributed by atoms with Gasteiger partial charge in [-0.2, -0.15) is 13.2 Å². The largest absolute Gasteiger partial charge is 0.416 e. The van der Waals surface area contributed by atoms with Crippen molar-refractivity contribution in [2.45, 2.75) is 31.5 Å². The summed E-state index contributed by atoms with van der Waals surface area (Å²) in [6.45, 7) is 3.36. The summed E-state index contributed by atoms with van der Waals surface area (Å²) in [7, 11) is 2.15. The third-order valence-electron chi connectivity index (χ3n) is 5.76. The van der Waals surface area contributed by atoms with Gasteiger partial charge >= 0.3 is 6.18 Å². The Bertz CT molecular complexity index is 763. The maximum atomic E-state index is 12.8. The van der Waals surface area contributed by atoms with Gasteiger partial charge in [0.15, 0.2) is 0 Å². The monoisotopic (exact) mass is 331 g/mol. The van der Waals surface area contributed by atoms with Crippen molar-refractivity contribution in [3.05, 3.63) is 59.2 Å². The van der Waals surface area contributed by atoms with Crippen LogP contribution in [0.3, 0.4) is 0 Å². The molecule has 1 fully saturated rings. The second kappa shape index (κ2) is 5.35. The molecule has 0 spiro atoms. The molecule has 4 rings (SSSR count). The Morgan fingerprint density at radius 1 is 1.04 bits per heavy atom. The van der Waals surface area contributed by atoms with Crippen LogP contribution in [0.2, 0.25) is 0 Å². The lowest BCUT2D eigenvalue weighted by Gasteiger charge is -2.36. The highest BCUT2D eigenvalue weighted by Crippen LogP contribution is 2.54. The van der Waals surface area contributed by atoms with Gasteiger partial charge in [-0.1, -0.05) is 37.3 Å². The van der Waals surface area contributed by atoms with Gasteiger partial charge in [0, 0.05) is 6.04 Å². The van der Waals surface area contributed by atoms with Crippen LogP contribution in [0.5, 0.6) is 0 Å². The third kappa shape index (κ3) is 2.27. The molecular formula is C20H20F3N. The third-order valence-corrected chi connectivity index (χ3v) is 5.76. The summed E-state index contributed by atoms with van der Waals surface area (Å²) in [5.74, 6) is 1.12. The molecule has 2 aromatic rings. The molecular weight excluding hydrogens is 311 g/mol. The van der Waals surface area contributed by atoms with Crippen molar-refractivity contribution >= 4 is 0 Å². The first kappa shape index (κ1) is 15.7. The number of alkyl halides is 3. The zero-order chi connectivity index (χ0) is 17.1. The average molecular weight is 331 g/mol. The zero-order valence-electron chi connectivity index (χ0n) is 13.8. The van der Waals surface area contributed by atoms with Crippen LogP contribution < -0.4 is 0 Å². The molecule has 4 heteroatoms. The van der Waals surface area contributed by atoms with E-state index in [9.17, 15) is 13.2 Å². The van der Waals surface area contributed by atoms with Crippen LogP contribution in [-0.4, -0.2) is 18.5 Å². The van der Waals surface area contributed by atoms with E-state index in [2.05, 4.69) is 24.9 Å². The highest BCUT2D eigenvalue weighted by molar-refractivity contribution is 5.71. The van der Waals surface area contributed by atoms with E-state index < -0.39 is 11.7 Å². The Labute approximate surface area is 140 Å². The van der Waals surface area contributed by atoms with Gasteiger partial charge in [0.25, 0.3) is 0 Å². The number of halogens is 3. The summed E-state index contributed by atoms with van der Waals surface area (Å²) in [4.78, 5) is 2.39. The molecule has 1 nitrogen and oxygen atoms in total. The van der Waals surface area contributed by atoms with E-state index in [4.69, 9.17) is 0 Å². The molecule has 3 atom stereocenters. The van der Waals surface area contributed by atoms with Crippen molar-refractivity contribution in [1.29, 1.82) is 0 Å². The van der Waals surface area contributed by atoms with Gasteiger partial charge in [-0.25, -0.2) is 0 Å². The summed E-state index contributed by atoms with van der Waals surface area (Å²) >= 11 is 0. The molecule has 0 saturated carbocycles. The molecule has 24 heavy (non-hydrogen) atoms. The number of hydrogen-bond acceptors (Lipinski definition) is 1. The zero-order valence-corrected chi connectivity index (χ0v) is 13.8. The fourth-order valence-electron chi connectivity index (χ4n) is 4.62. The highest BCUT2D eigenvalue weighted by atomic mass is 19.4. The average Bonchev–Trinajstić information content (AvgIpc) is 2.73. The van der Waals surface area contributed by atoms with Gasteiger partial charge in [-0.3, -0.25) is 4.90 Å². The quantitative estimate of drug-likeness (QED) is 0.668. The summed E-state index contributed by atoms with van der Waals surface area (Å²) in [5.41, 5.74) is 4.05. The molecule has 0 amide bonds. The number of hydrogen-bond donors (Lipinski definition) is 0. The van der Waals surface area contributed by atoms with Crippen LogP contribution >= 0.6 is 0 Å². The van der Waals surface area contributed by atoms with E-state index in [0.717, 1.165) is 24.1 Å². The number of benzene rings is 2. The number of likely N-dealkylation sites (tertiary alicyclic amines) is 1. The Hall–Kier alpha value is -1.81. The Kier molecular flexibility index (Phi) is 3.50. The first-order valence-corrected chi connectivity index (χ1v) is 8.38. The van der Waals surface area contributed by atoms with E-state index in [1.165, 1.54) is 23.3 Å². The van der Waals surface area contributed by atoms with Crippen LogP contribution in [-0.2, 0) is 6.18 Å². The predicted molar refractivity (Wildman–Crippen MR) is 88.8 cm³/mol. The predicted octanol–water partition coefficient (Wildman–Crippen LogP) is 5.48. The van der Waals surface area contributed by atoms with E-state index in [1.54, 1.807) is 12.1 Å². The van der Waals surface area contributed by atoms with Crippen molar-refractivity contribution in [3.8, 4) is 11.1 Å². The van der Waals surface area contributed by atoms with Crippen LogP contribution in [0.25, 0.3) is 11.1 Å². The Morgan fingerprint density at radius 2 is 1.75 bits per heavy atom. The molecule has 0 aromatic heterocycles. The lowest BCUT2D eigenvalue weighted by Crippen LogP contribution is -2.34. The molecule has 2 aliphatic rings. The Balaban J connectivity index is 1.82. The van der Waals surface area contributed by atoms with Crippen LogP contribution in [0.1, 0.15) is 42.0 Å². The summed E-state index contributed by atoms with van der Waals surface area (Å²) in [5, 5.41) is 0. The molecule has 0 N–H and O–H groups in total. The number of rotatable bonds is 1. The normalized spacial score (nSPS) is 26.5. The van der Waals surface area contributed by atoms with Gasteiger partial charge < -0.3 is 0 Å². The summed E-state index contributed by atoms with van der Waals surface area (Å²) in [6, 6.07) is 12.2. The fraction of sp³-hybridized carbons (Fsp3) is 0.400. The minimum absolute atomic E-state index is 0.359. The number of fused-ring (bicyclic) bond motifs is 5. The van der Waals surface area contributed by atoms with E-state index in [-0.39, 0.29) is 0 Å². The molecule has 2 unspecified atom stereocenters. The van der Waals surface area contributed by atoms with Gasteiger partial charge in [-0.15, -0.1) is 0 Å². The van der Waals surface area contributed by atoms with Gasteiger partial charge in [-0.05, 0) is 66.2 Å². The minimum atomic E-state index is -4.29. The lowest BCUT2D eigenvalue weighted by atomic mass is 9.86. The van der Waals surface area contributed by atoms with E-state index in [0.29, 0.717) is 17.9 Å². The molecule has 2 aromatic carbocycles. The first-order chi connectivity index (χ1) is 11.4. The molecule has 1 aliphatic heterocycles. The fourth-order valence-corrected chi connectivity index (χ4v) is 4.62. The maximum absolute atomic E-state index is 12.8. The van der Waals surface area contributed by atoms with Gasteiger partial charge in [0.05, 0.1) is 5.56 Å². The highest BCUT2D eigenvalue weighted by Gasteiger charge is 2.44. The summed E-state index contributed by atoms with van der Waals surface area (Å²) in [6.07, 6.45) is -3.14. The first-order valence-electron chi connectivity index (χ1n) is 8.38. The van der Waals surface area contributed by atoms with Gasteiger partial charge in [0.2, 0.25) is 0 Å².